The molecule has 0 aliphatic carbocycles. The van der Waals surface area contributed by atoms with Crippen LogP contribution in [0.1, 0.15) is 10.4 Å². The monoisotopic (exact) mass is 488 g/mol. The van der Waals surface area contributed by atoms with Crippen molar-refractivity contribution >= 4 is 45.1 Å². The maximum absolute atomic E-state index is 13.0. The first-order valence-corrected chi connectivity index (χ1v) is 11.1. The molecule has 1 amide bonds. The van der Waals surface area contributed by atoms with E-state index in [4.69, 9.17) is 30.2 Å². The van der Waals surface area contributed by atoms with Gasteiger partial charge < -0.3 is 23.9 Å². The number of hydrogen-bond acceptors (Lipinski definition) is 6. The Morgan fingerprint density at radius 3 is 2.31 bits per heavy atom. The number of ether oxygens (including phenoxy) is 3. The SMILES string of the molecule is COc1cc(C(=O)Nc2ccc3oc(-c4cccc5c(Cl)cccc45)nc3c2)cc(OC)c1OC. The van der Waals surface area contributed by atoms with E-state index < -0.39 is 0 Å². The normalized spacial score (nSPS) is 11.0. The molecule has 176 valence electrons. The van der Waals surface area contributed by atoms with Gasteiger partial charge in [-0.3, -0.25) is 4.79 Å². The van der Waals surface area contributed by atoms with E-state index in [0.717, 1.165) is 16.3 Å². The molecule has 1 N–H and O–H groups in total. The molecule has 0 atom stereocenters. The summed E-state index contributed by atoms with van der Waals surface area (Å²) in [5.74, 6) is 1.34. The van der Waals surface area contributed by atoms with Crippen molar-refractivity contribution in [2.45, 2.75) is 0 Å². The number of anilines is 1. The van der Waals surface area contributed by atoms with Crippen LogP contribution in [0.3, 0.4) is 0 Å². The van der Waals surface area contributed by atoms with Crippen molar-refractivity contribution in [1.82, 2.24) is 4.98 Å². The second-order valence-electron chi connectivity index (χ2n) is 7.71. The highest BCUT2D eigenvalue weighted by atomic mass is 35.5. The molecule has 0 fully saturated rings. The molecule has 5 aromatic rings. The van der Waals surface area contributed by atoms with Crippen molar-refractivity contribution in [3.8, 4) is 28.7 Å². The van der Waals surface area contributed by atoms with Crippen LogP contribution in [0.2, 0.25) is 5.02 Å². The van der Waals surface area contributed by atoms with Gasteiger partial charge in [-0.1, -0.05) is 35.9 Å². The van der Waals surface area contributed by atoms with E-state index in [1.807, 2.05) is 36.4 Å². The number of nitrogens with zero attached hydrogens (tertiary/aromatic N) is 1. The summed E-state index contributed by atoms with van der Waals surface area (Å²) in [4.78, 5) is 17.6. The molecule has 1 heterocycles. The molecule has 0 aliphatic rings. The van der Waals surface area contributed by atoms with Crippen molar-refractivity contribution in [3.63, 3.8) is 0 Å². The lowest BCUT2D eigenvalue weighted by Crippen LogP contribution is -2.12. The highest BCUT2D eigenvalue weighted by molar-refractivity contribution is 6.35. The molecule has 4 aromatic carbocycles. The molecule has 0 aliphatic heterocycles. The minimum atomic E-state index is -0.337. The third-order valence-electron chi connectivity index (χ3n) is 5.67. The van der Waals surface area contributed by atoms with Crippen molar-refractivity contribution in [3.05, 3.63) is 77.3 Å². The molecular formula is C27H21ClN2O5. The molecule has 8 heteroatoms. The third kappa shape index (κ3) is 4.11. The Morgan fingerprint density at radius 2 is 1.60 bits per heavy atom. The topological polar surface area (TPSA) is 82.8 Å². The van der Waals surface area contributed by atoms with Crippen molar-refractivity contribution in [1.29, 1.82) is 0 Å². The van der Waals surface area contributed by atoms with Crippen LogP contribution < -0.4 is 19.5 Å². The first kappa shape index (κ1) is 22.6. The van der Waals surface area contributed by atoms with Crippen LogP contribution in [-0.4, -0.2) is 32.2 Å². The number of benzene rings is 4. The average Bonchev–Trinajstić information content (AvgIpc) is 3.31. The van der Waals surface area contributed by atoms with E-state index >= 15 is 0 Å². The van der Waals surface area contributed by atoms with Crippen LogP contribution in [0.4, 0.5) is 5.69 Å². The third-order valence-corrected chi connectivity index (χ3v) is 6.00. The lowest BCUT2D eigenvalue weighted by atomic mass is 10.0. The van der Waals surface area contributed by atoms with Gasteiger partial charge in [0.15, 0.2) is 17.1 Å². The Balaban J connectivity index is 1.47. The van der Waals surface area contributed by atoms with Crippen LogP contribution in [0, 0.1) is 0 Å². The fourth-order valence-corrected chi connectivity index (χ4v) is 4.23. The minimum Gasteiger partial charge on any atom is -0.493 e. The number of amides is 1. The van der Waals surface area contributed by atoms with E-state index in [0.29, 0.717) is 50.5 Å². The zero-order valence-corrected chi connectivity index (χ0v) is 20.0. The Labute approximate surface area is 206 Å². The van der Waals surface area contributed by atoms with Gasteiger partial charge in [0.1, 0.15) is 5.52 Å². The summed E-state index contributed by atoms with van der Waals surface area (Å²) < 4.78 is 22.0. The second-order valence-corrected chi connectivity index (χ2v) is 8.12. The maximum atomic E-state index is 13.0. The molecule has 0 bridgehead atoms. The number of aromatic nitrogens is 1. The quantitative estimate of drug-likeness (QED) is 0.290. The first-order valence-electron chi connectivity index (χ1n) is 10.7. The first-order chi connectivity index (χ1) is 17.0. The van der Waals surface area contributed by atoms with Gasteiger partial charge in [-0.2, -0.15) is 0 Å². The number of halogens is 1. The van der Waals surface area contributed by atoms with E-state index in [1.54, 1.807) is 30.3 Å². The van der Waals surface area contributed by atoms with Gasteiger partial charge in [-0.25, -0.2) is 4.98 Å². The molecule has 35 heavy (non-hydrogen) atoms. The molecule has 0 unspecified atom stereocenters. The largest absolute Gasteiger partial charge is 0.493 e. The Morgan fingerprint density at radius 1 is 0.886 bits per heavy atom. The number of fused-ring (bicyclic) bond motifs is 2. The Bertz CT molecular complexity index is 1550. The summed E-state index contributed by atoms with van der Waals surface area (Å²) in [5.41, 5.74) is 2.97. The molecule has 0 saturated carbocycles. The smallest absolute Gasteiger partial charge is 0.255 e. The van der Waals surface area contributed by atoms with Crippen LogP contribution >= 0.6 is 11.6 Å². The molecule has 7 nitrogen and oxygen atoms in total. The number of methoxy groups -OCH3 is 3. The predicted octanol–water partition coefficient (Wildman–Crippen LogP) is 6.58. The zero-order chi connectivity index (χ0) is 24.5. The summed E-state index contributed by atoms with van der Waals surface area (Å²) in [7, 11) is 4.51. The van der Waals surface area contributed by atoms with Gasteiger partial charge >= 0.3 is 0 Å². The average molecular weight is 489 g/mol. The van der Waals surface area contributed by atoms with Gasteiger partial charge in [0.25, 0.3) is 5.91 Å². The molecule has 0 spiro atoms. The summed E-state index contributed by atoms with van der Waals surface area (Å²) in [5, 5.41) is 5.42. The van der Waals surface area contributed by atoms with Crippen LogP contribution in [0.25, 0.3) is 33.3 Å². The predicted molar refractivity (Wildman–Crippen MR) is 136 cm³/mol. The molecule has 1 aromatic heterocycles. The lowest BCUT2D eigenvalue weighted by molar-refractivity contribution is 0.102. The van der Waals surface area contributed by atoms with Gasteiger partial charge in [-0.05, 0) is 47.9 Å². The van der Waals surface area contributed by atoms with E-state index in [1.165, 1.54) is 21.3 Å². The Hall–Kier alpha value is -4.23. The van der Waals surface area contributed by atoms with E-state index in [9.17, 15) is 4.79 Å². The second kappa shape index (κ2) is 9.19. The lowest BCUT2D eigenvalue weighted by Gasteiger charge is -2.14. The number of nitrogens with one attached hydrogen (secondary N) is 1. The highest BCUT2D eigenvalue weighted by Gasteiger charge is 2.18. The number of carbonyl (C=O) groups excluding carboxylic acids is 1. The van der Waals surface area contributed by atoms with Gasteiger partial charge in [0.2, 0.25) is 11.6 Å². The fraction of sp³-hybridized carbons (Fsp3) is 0.111. The summed E-state index contributed by atoms with van der Waals surface area (Å²) >= 11 is 6.36. The molecule has 0 saturated heterocycles. The van der Waals surface area contributed by atoms with Crippen LogP contribution in [0.5, 0.6) is 17.2 Å². The van der Waals surface area contributed by atoms with Crippen molar-refractivity contribution in [2.24, 2.45) is 0 Å². The maximum Gasteiger partial charge on any atom is 0.255 e. The van der Waals surface area contributed by atoms with E-state index in [2.05, 4.69) is 10.3 Å². The standard InChI is InChI=1S/C27H21ClN2O5/c1-32-23-12-15(13-24(33-2)25(23)34-3)26(31)29-16-10-11-22-21(14-16)30-27(35-22)19-8-4-7-18-17(19)6-5-9-20(18)28/h4-14H,1-3H3,(H,29,31). The summed E-state index contributed by atoms with van der Waals surface area (Å²) in [6, 6.07) is 20.0. The molecule has 5 rings (SSSR count). The van der Waals surface area contributed by atoms with Gasteiger partial charge in [0, 0.05) is 27.2 Å². The summed E-state index contributed by atoms with van der Waals surface area (Å²) in [6.45, 7) is 0. The van der Waals surface area contributed by atoms with Gasteiger partial charge in [0.05, 0.1) is 21.3 Å². The number of carbonyl (C=O) groups is 1. The van der Waals surface area contributed by atoms with E-state index in [-0.39, 0.29) is 5.91 Å². The van der Waals surface area contributed by atoms with Crippen LogP contribution in [-0.2, 0) is 0 Å². The van der Waals surface area contributed by atoms with Gasteiger partial charge in [-0.15, -0.1) is 0 Å². The number of rotatable bonds is 6. The van der Waals surface area contributed by atoms with Crippen molar-refractivity contribution < 1.29 is 23.4 Å². The van der Waals surface area contributed by atoms with Crippen molar-refractivity contribution in [2.75, 3.05) is 26.6 Å². The minimum absolute atomic E-state index is 0.337. The zero-order valence-electron chi connectivity index (χ0n) is 19.2. The molecule has 0 radical (unpaired) electrons. The Kier molecular flexibility index (Phi) is 5.93. The summed E-state index contributed by atoms with van der Waals surface area (Å²) in [6.07, 6.45) is 0. The molecular weight excluding hydrogens is 468 g/mol. The number of oxazole rings is 1. The van der Waals surface area contributed by atoms with Crippen LogP contribution in [0.15, 0.2) is 71.1 Å². The highest BCUT2D eigenvalue weighted by Crippen LogP contribution is 2.38. The number of hydrogen-bond donors (Lipinski definition) is 1. The fourth-order valence-electron chi connectivity index (χ4n) is 3.99.